The molecule has 6 heavy (non-hydrogen) atoms. The molecule has 0 rings (SSSR count). The molecule has 0 saturated heterocycles. The number of rotatable bonds is 0. The van der Waals surface area contributed by atoms with E-state index in [1.54, 1.807) is 0 Å². The van der Waals surface area contributed by atoms with Gasteiger partial charge in [-0.1, -0.05) is 0 Å². The van der Waals surface area contributed by atoms with Gasteiger partial charge in [-0.25, -0.2) is 0 Å². The number of halogens is 3. The molecule has 0 aliphatic rings. The molecule has 0 aromatic heterocycles. The minimum atomic E-state index is -1.20. The van der Waals surface area contributed by atoms with Crippen LogP contribution in [0.5, 0.6) is 0 Å². The Balaban J connectivity index is -0.0000000450. The van der Waals surface area contributed by atoms with E-state index in [2.05, 4.69) is 32.4 Å². The van der Waals surface area contributed by atoms with Gasteiger partial charge in [0, 0.05) is 0 Å². The molecule has 0 aliphatic heterocycles. The van der Waals surface area contributed by atoms with E-state index in [0.717, 1.165) is 0 Å². The van der Waals surface area contributed by atoms with Crippen LogP contribution < -0.4 is 0 Å². The maximum atomic E-state index is 3.31. The normalized spacial score (nSPS) is 4.50. The molecule has 0 spiro atoms. The summed E-state index contributed by atoms with van der Waals surface area (Å²) in [6, 6.07) is 0. The van der Waals surface area contributed by atoms with Crippen molar-refractivity contribution in [2.24, 2.45) is 0 Å². The third-order valence-corrected chi connectivity index (χ3v) is 0. The molecular weight excluding hydrogens is 361 g/mol. The summed E-state index contributed by atoms with van der Waals surface area (Å²) in [6.45, 7) is 0. The average Bonchev–Trinajstić information content (AvgIpc) is 0.811. The van der Waals surface area contributed by atoms with Crippen LogP contribution >= 0.6 is 32.4 Å². The molecule has 40 valence electrons. The van der Waals surface area contributed by atoms with Crippen LogP contribution in [0.15, 0.2) is 0 Å². The standard InChI is InChI=1S/3BrH.2H2O.Y/h3*1H;2*1H2;/q;;;;;+3/p-3. The van der Waals surface area contributed by atoms with Gasteiger partial charge in [-0.2, -0.15) is 0 Å². The molecule has 0 amide bonds. The van der Waals surface area contributed by atoms with Crippen molar-refractivity contribution in [2.45, 2.75) is 0 Å². The van der Waals surface area contributed by atoms with Gasteiger partial charge in [-0.3, -0.25) is 0 Å². The van der Waals surface area contributed by atoms with Gasteiger partial charge in [0.25, 0.3) is 0 Å². The van der Waals surface area contributed by atoms with Crippen LogP contribution in [0.25, 0.3) is 0 Å². The molecule has 0 saturated carbocycles. The van der Waals surface area contributed by atoms with Gasteiger partial charge < -0.3 is 11.0 Å². The van der Waals surface area contributed by atoms with E-state index < -0.39 is 19.4 Å². The van der Waals surface area contributed by atoms with Crippen LogP contribution in [0.4, 0.5) is 0 Å². The summed E-state index contributed by atoms with van der Waals surface area (Å²) >= 11 is -1.20. The van der Waals surface area contributed by atoms with E-state index in [0.29, 0.717) is 0 Å². The fourth-order valence-electron chi connectivity index (χ4n) is 0. The predicted octanol–water partition coefficient (Wildman–Crippen LogP) is 0.885. The molecule has 0 aromatic rings. The zero-order chi connectivity index (χ0) is 3.58. The van der Waals surface area contributed by atoms with Gasteiger partial charge in [0.15, 0.2) is 0 Å². The van der Waals surface area contributed by atoms with Crippen LogP contribution in [-0.2, 0) is 19.4 Å². The zero-order valence-electron chi connectivity index (χ0n) is 2.71. The van der Waals surface area contributed by atoms with Crippen molar-refractivity contribution in [2.75, 3.05) is 0 Å². The van der Waals surface area contributed by atoms with Gasteiger partial charge in [-0.15, -0.1) is 0 Å². The van der Waals surface area contributed by atoms with Crippen LogP contribution in [0.2, 0.25) is 0 Å². The molecule has 0 aromatic carbocycles. The van der Waals surface area contributed by atoms with E-state index in [-0.39, 0.29) is 11.0 Å². The van der Waals surface area contributed by atoms with Crippen molar-refractivity contribution >= 4 is 32.4 Å². The topological polar surface area (TPSA) is 63.0 Å². The van der Waals surface area contributed by atoms with Gasteiger partial charge >= 0.3 is 51.8 Å². The Kier molecular flexibility index (Phi) is 27.5. The van der Waals surface area contributed by atoms with E-state index in [1.807, 2.05) is 0 Å². The minimum absolute atomic E-state index is 0. The monoisotopic (exact) mass is 362 g/mol. The van der Waals surface area contributed by atoms with E-state index in [9.17, 15) is 0 Å². The predicted molar refractivity (Wildman–Crippen MR) is 34.0 cm³/mol. The van der Waals surface area contributed by atoms with Crippen molar-refractivity contribution in [3.05, 3.63) is 0 Å². The van der Waals surface area contributed by atoms with Crippen LogP contribution in [0.1, 0.15) is 0 Å². The Hall–Kier alpha value is 2.46. The summed E-state index contributed by atoms with van der Waals surface area (Å²) in [6.07, 6.45) is 0. The Morgan fingerprint density at radius 3 is 0.833 bits per heavy atom. The third-order valence-electron chi connectivity index (χ3n) is 0. The molecule has 0 aliphatic carbocycles. The first-order valence-corrected chi connectivity index (χ1v) is 20.1. The molecule has 0 radical (unpaired) electrons. The summed E-state index contributed by atoms with van der Waals surface area (Å²) in [5, 5.41) is 0. The van der Waals surface area contributed by atoms with Crippen LogP contribution in [0, 0.1) is 0 Å². The summed E-state index contributed by atoms with van der Waals surface area (Å²) in [5.74, 6) is 0. The Morgan fingerprint density at radius 1 is 0.833 bits per heavy atom. The van der Waals surface area contributed by atoms with Gasteiger partial charge in [-0.05, 0) is 0 Å². The molecule has 6 heteroatoms. The van der Waals surface area contributed by atoms with Crippen LogP contribution in [-0.4, -0.2) is 11.0 Å². The van der Waals surface area contributed by atoms with Gasteiger partial charge in [0.05, 0.1) is 0 Å². The molecule has 0 atom stereocenters. The Bertz CT molecular complexity index is 13.5. The molecule has 4 N–H and O–H groups in total. The average molecular weight is 365 g/mol. The van der Waals surface area contributed by atoms with Crippen molar-refractivity contribution in [3.8, 4) is 0 Å². The number of hydrogen-bond acceptors (Lipinski definition) is 0. The second kappa shape index (κ2) is 10.4. The molecular formula is H4Br3O2Y. The SMILES string of the molecule is O.O.[Br][Y]([Br])[Br]. The van der Waals surface area contributed by atoms with E-state index in [1.165, 1.54) is 0 Å². The van der Waals surface area contributed by atoms with Crippen molar-refractivity contribution in [3.63, 3.8) is 0 Å². The molecule has 2 nitrogen and oxygen atoms in total. The van der Waals surface area contributed by atoms with Crippen molar-refractivity contribution in [1.29, 1.82) is 0 Å². The second-order valence-electron chi connectivity index (χ2n) is 0.247. The Morgan fingerprint density at radius 2 is 0.833 bits per heavy atom. The quantitative estimate of drug-likeness (QED) is 0.613. The summed E-state index contributed by atoms with van der Waals surface area (Å²) in [4.78, 5) is 0. The zero-order valence-corrected chi connectivity index (χ0v) is 10.3. The fourth-order valence-corrected chi connectivity index (χ4v) is 0. The van der Waals surface area contributed by atoms with Gasteiger partial charge in [0.1, 0.15) is 0 Å². The molecule has 0 heterocycles. The van der Waals surface area contributed by atoms with E-state index in [4.69, 9.17) is 0 Å². The first kappa shape index (κ1) is 15.8. The molecule has 0 bridgehead atoms. The number of hydrogen-bond donors (Lipinski definition) is 0. The summed E-state index contributed by atoms with van der Waals surface area (Å²) < 4.78 is 0. The summed E-state index contributed by atoms with van der Waals surface area (Å²) in [7, 11) is 9.94. The second-order valence-corrected chi connectivity index (χ2v) is 39.5. The van der Waals surface area contributed by atoms with Crippen LogP contribution in [0.3, 0.4) is 0 Å². The van der Waals surface area contributed by atoms with E-state index >= 15 is 0 Å². The van der Waals surface area contributed by atoms with Crippen molar-refractivity contribution < 1.29 is 30.3 Å². The Labute approximate surface area is 61.4 Å². The van der Waals surface area contributed by atoms with Gasteiger partial charge in [0.2, 0.25) is 0 Å². The molecule has 0 unspecified atom stereocenters. The van der Waals surface area contributed by atoms with Crippen molar-refractivity contribution in [1.82, 2.24) is 0 Å². The third kappa shape index (κ3) is 31.8. The molecule has 0 fully saturated rings. The summed E-state index contributed by atoms with van der Waals surface area (Å²) in [5.41, 5.74) is 0. The fraction of sp³-hybridized carbons (Fsp3) is 0. The first-order chi connectivity index (χ1) is 1.73. The first-order valence-electron chi connectivity index (χ1n) is 0.655. The maximum absolute atomic E-state index is 3.31.